The molecular weight excluding hydrogens is 444 g/mol. The van der Waals surface area contributed by atoms with Crippen molar-refractivity contribution in [3.63, 3.8) is 0 Å². The Labute approximate surface area is 212 Å². The zero-order valence-corrected chi connectivity index (χ0v) is 20.6. The molecule has 3 saturated heterocycles. The van der Waals surface area contributed by atoms with Gasteiger partial charge in [0.05, 0.1) is 21.6 Å². The second-order valence-corrected chi connectivity index (χ2v) is 12.1. The average molecular weight is 475 g/mol. The third-order valence-corrected chi connectivity index (χ3v) is 10.1. The smallest absolute Gasteiger partial charge is 0.0602 e. The Hall–Kier alpha value is -2.85. The number of nitrogens with zero attached hydrogens (tertiary/aromatic N) is 2. The fraction of sp³-hybridized carbons (Fsp3) is 0.250. The number of hydrogen-bond acceptors (Lipinski definition) is 3. The molecule has 0 atom stereocenters. The highest BCUT2D eigenvalue weighted by Crippen LogP contribution is 2.73. The maximum Gasteiger partial charge on any atom is 0.0602 e. The molecule has 0 bridgehead atoms. The Bertz CT molecular complexity index is 1100. The van der Waals surface area contributed by atoms with Crippen molar-refractivity contribution < 1.29 is 0 Å². The van der Waals surface area contributed by atoms with Crippen LogP contribution in [-0.4, -0.2) is 45.5 Å². The van der Waals surface area contributed by atoms with Crippen LogP contribution >= 0.6 is 11.8 Å². The van der Waals surface area contributed by atoms with Crippen molar-refractivity contribution in [1.29, 1.82) is 0 Å². The lowest BCUT2D eigenvalue weighted by molar-refractivity contribution is 0.0273. The molecule has 0 radical (unpaired) electrons. The lowest BCUT2D eigenvalue weighted by Crippen LogP contribution is -2.67. The molecule has 2 spiro atoms. The van der Waals surface area contributed by atoms with Crippen LogP contribution in [0.15, 0.2) is 121 Å². The molecule has 0 N–H and O–H groups in total. The van der Waals surface area contributed by atoms with Gasteiger partial charge in [-0.3, -0.25) is 9.80 Å². The van der Waals surface area contributed by atoms with Crippen molar-refractivity contribution in [2.75, 3.05) is 26.2 Å². The summed E-state index contributed by atoms with van der Waals surface area (Å²) in [7, 11) is 0. The van der Waals surface area contributed by atoms with Gasteiger partial charge in [0, 0.05) is 26.2 Å². The Morgan fingerprint density at radius 1 is 0.429 bits per heavy atom. The number of rotatable bonds is 6. The molecule has 4 aromatic carbocycles. The van der Waals surface area contributed by atoms with Gasteiger partial charge in [0.25, 0.3) is 0 Å². The fourth-order valence-electron chi connectivity index (χ4n) is 6.41. The van der Waals surface area contributed by atoms with Gasteiger partial charge in [-0.25, -0.2) is 0 Å². The van der Waals surface area contributed by atoms with Crippen LogP contribution in [0.4, 0.5) is 0 Å². The van der Waals surface area contributed by atoms with Gasteiger partial charge in [0.15, 0.2) is 0 Å². The second kappa shape index (κ2) is 8.37. The molecule has 0 aliphatic carbocycles. The summed E-state index contributed by atoms with van der Waals surface area (Å²) < 4.78 is 0.868. The quantitative estimate of drug-likeness (QED) is 0.298. The monoisotopic (exact) mass is 474 g/mol. The highest BCUT2D eigenvalue weighted by Gasteiger charge is 2.78. The van der Waals surface area contributed by atoms with Gasteiger partial charge in [0.2, 0.25) is 0 Å². The van der Waals surface area contributed by atoms with Gasteiger partial charge >= 0.3 is 0 Å². The first-order valence-electron chi connectivity index (χ1n) is 12.7. The van der Waals surface area contributed by atoms with Gasteiger partial charge < -0.3 is 0 Å². The summed E-state index contributed by atoms with van der Waals surface area (Å²) >= 11 is 2.25. The lowest BCUT2D eigenvalue weighted by Gasteiger charge is -2.52. The molecule has 35 heavy (non-hydrogen) atoms. The lowest BCUT2D eigenvalue weighted by atomic mass is 9.77. The van der Waals surface area contributed by atoms with E-state index in [1.54, 1.807) is 0 Å². The summed E-state index contributed by atoms with van der Waals surface area (Å²) in [6, 6.07) is 44.8. The predicted molar refractivity (Wildman–Crippen MR) is 146 cm³/mol. The Balaban J connectivity index is 1.09. The van der Waals surface area contributed by atoms with E-state index in [1.807, 2.05) is 0 Å². The minimum absolute atomic E-state index is 0.346. The summed E-state index contributed by atoms with van der Waals surface area (Å²) in [6.45, 7) is 4.73. The van der Waals surface area contributed by atoms with Crippen molar-refractivity contribution in [3.8, 4) is 0 Å². The van der Waals surface area contributed by atoms with Crippen LogP contribution in [0.3, 0.4) is 0 Å². The molecule has 2 nitrogen and oxygen atoms in total. The Morgan fingerprint density at radius 2 is 0.686 bits per heavy atom. The maximum atomic E-state index is 2.70. The average Bonchev–Trinajstić information content (AvgIpc) is 3.57. The van der Waals surface area contributed by atoms with Crippen LogP contribution in [0, 0.1) is 0 Å². The summed E-state index contributed by atoms with van der Waals surface area (Å²) in [4.78, 5) is 5.39. The van der Waals surface area contributed by atoms with E-state index in [1.165, 1.54) is 48.4 Å². The van der Waals surface area contributed by atoms with Crippen molar-refractivity contribution in [3.05, 3.63) is 144 Å². The van der Waals surface area contributed by atoms with E-state index in [4.69, 9.17) is 0 Å². The number of thioether (sulfide) groups is 1. The zero-order valence-electron chi connectivity index (χ0n) is 19.8. The van der Waals surface area contributed by atoms with Crippen LogP contribution in [0.1, 0.15) is 34.3 Å². The number of benzene rings is 4. The molecule has 3 heterocycles. The van der Waals surface area contributed by atoms with E-state index in [0.29, 0.717) is 21.6 Å². The van der Waals surface area contributed by atoms with E-state index in [0.717, 1.165) is 0 Å². The largest absolute Gasteiger partial charge is 0.289 e. The van der Waals surface area contributed by atoms with Crippen LogP contribution in [0.5, 0.6) is 0 Å². The standard InChI is InChI=1S/C32H30N2S/c1-5-13-25(14-6-1)29(26-15-7-2-8-16-26)33-21-31(22-33)32(35-31)23-34(24-32)30(27-17-9-3-10-18-27)28-19-11-4-12-20-28/h1-20,29-30H,21-24H2. The van der Waals surface area contributed by atoms with Crippen LogP contribution in [0.2, 0.25) is 0 Å². The summed E-state index contributed by atoms with van der Waals surface area (Å²) in [6.07, 6.45) is 0. The van der Waals surface area contributed by atoms with E-state index in [-0.39, 0.29) is 0 Å². The number of fused-ring (bicyclic) bond motifs is 1. The first-order chi connectivity index (χ1) is 17.3. The van der Waals surface area contributed by atoms with Crippen molar-refractivity contribution in [1.82, 2.24) is 9.80 Å². The van der Waals surface area contributed by atoms with Crippen LogP contribution < -0.4 is 0 Å². The van der Waals surface area contributed by atoms with E-state index >= 15 is 0 Å². The number of likely N-dealkylation sites (tertiary alicyclic amines) is 2. The predicted octanol–water partition coefficient (Wildman–Crippen LogP) is 6.42. The van der Waals surface area contributed by atoms with Crippen molar-refractivity contribution in [2.45, 2.75) is 21.6 Å². The van der Waals surface area contributed by atoms with Gasteiger partial charge in [-0.1, -0.05) is 121 Å². The molecule has 0 amide bonds. The summed E-state index contributed by atoms with van der Waals surface area (Å²) in [5.74, 6) is 0. The summed E-state index contributed by atoms with van der Waals surface area (Å²) in [5.41, 5.74) is 5.60. The molecule has 0 aromatic heterocycles. The molecule has 3 fully saturated rings. The number of hydrogen-bond donors (Lipinski definition) is 0. The van der Waals surface area contributed by atoms with Gasteiger partial charge in [-0.2, -0.15) is 0 Å². The highest BCUT2D eigenvalue weighted by atomic mass is 32.2. The second-order valence-electron chi connectivity index (χ2n) is 10.3. The third kappa shape index (κ3) is 3.57. The van der Waals surface area contributed by atoms with E-state index < -0.39 is 0 Å². The molecule has 3 heteroatoms. The van der Waals surface area contributed by atoms with E-state index in [2.05, 4.69) is 143 Å². The Kier molecular flexibility index (Phi) is 5.13. The minimum Gasteiger partial charge on any atom is -0.289 e. The highest BCUT2D eigenvalue weighted by molar-refractivity contribution is 8.10. The fourth-order valence-corrected chi connectivity index (χ4v) is 8.28. The SMILES string of the molecule is c1ccc(C(c2ccccc2)N2CC3(C2)SC32CN(C(c3ccccc3)c3ccccc3)C2)cc1. The Morgan fingerprint density at radius 3 is 0.943 bits per heavy atom. The minimum atomic E-state index is 0.346. The summed E-state index contributed by atoms with van der Waals surface area (Å²) in [5, 5.41) is 0. The zero-order chi connectivity index (χ0) is 23.3. The normalized spacial score (nSPS) is 20.2. The van der Waals surface area contributed by atoms with Crippen molar-refractivity contribution in [2.24, 2.45) is 0 Å². The first kappa shape index (κ1) is 21.4. The van der Waals surface area contributed by atoms with Gasteiger partial charge in [-0.15, -0.1) is 11.8 Å². The molecule has 3 aliphatic heterocycles. The molecule has 0 saturated carbocycles. The molecule has 0 unspecified atom stereocenters. The van der Waals surface area contributed by atoms with Crippen LogP contribution in [-0.2, 0) is 0 Å². The van der Waals surface area contributed by atoms with Crippen molar-refractivity contribution >= 4 is 11.8 Å². The third-order valence-electron chi connectivity index (χ3n) is 8.20. The van der Waals surface area contributed by atoms with E-state index in [9.17, 15) is 0 Å². The molecule has 4 aromatic rings. The first-order valence-corrected chi connectivity index (χ1v) is 13.5. The molecule has 3 aliphatic rings. The molecule has 174 valence electrons. The maximum absolute atomic E-state index is 2.70. The van der Waals surface area contributed by atoms with Gasteiger partial charge in [0.1, 0.15) is 0 Å². The molecule has 7 rings (SSSR count). The van der Waals surface area contributed by atoms with Gasteiger partial charge in [-0.05, 0) is 22.3 Å². The molecular formula is C32H30N2S. The topological polar surface area (TPSA) is 6.48 Å². The van der Waals surface area contributed by atoms with Crippen LogP contribution in [0.25, 0.3) is 0 Å².